The number of halogens is 1. The van der Waals surface area contributed by atoms with Crippen molar-refractivity contribution in [3.8, 4) is 0 Å². The number of carbonyl (C=O) groups is 1. The molecule has 1 fully saturated rings. The topological polar surface area (TPSA) is 29.5 Å². The maximum absolute atomic E-state index is 12.3. The average molecular weight is 372 g/mol. The summed E-state index contributed by atoms with van der Waals surface area (Å²) in [5.74, 6) is 0.456. The summed E-state index contributed by atoms with van der Waals surface area (Å²) >= 11 is 5.95. The fraction of sp³-hybridized carbons (Fsp3) is 0.409. The first kappa shape index (κ1) is 18.8. The molecule has 0 aliphatic carbocycles. The van der Waals surface area contributed by atoms with Gasteiger partial charge in [-0.15, -0.1) is 0 Å². The van der Waals surface area contributed by atoms with Crippen LogP contribution in [0, 0.1) is 6.92 Å². The second-order valence-corrected chi connectivity index (χ2v) is 7.71. The fourth-order valence-electron chi connectivity index (χ4n) is 3.43. The van der Waals surface area contributed by atoms with Gasteiger partial charge in [-0.2, -0.15) is 0 Å². The van der Waals surface area contributed by atoms with Crippen LogP contribution >= 0.6 is 11.6 Å². The summed E-state index contributed by atoms with van der Waals surface area (Å²) in [5.41, 5.74) is 3.68. The predicted molar refractivity (Wildman–Crippen MR) is 106 cm³/mol. The number of amides is 1. The van der Waals surface area contributed by atoms with Crippen LogP contribution in [-0.4, -0.2) is 23.6 Å². The minimum absolute atomic E-state index is 0.0145. The highest BCUT2D eigenvalue weighted by Crippen LogP contribution is 2.30. The van der Waals surface area contributed by atoms with Crippen molar-refractivity contribution in [2.45, 2.75) is 51.7 Å². The second kappa shape index (κ2) is 8.13. The van der Waals surface area contributed by atoms with Crippen molar-refractivity contribution in [3.05, 3.63) is 70.2 Å². The van der Waals surface area contributed by atoms with Crippen LogP contribution in [0.4, 0.5) is 4.79 Å². The highest BCUT2D eigenvalue weighted by molar-refractivity contribution is 6.30. The quantitative estimate of drug-likeness (QED) is 0.612. The largest absolute Gasteiger partial charge is 0.444 e. The number of carbonyl (C=O) groups excluding carboxylic acids is 1. The number of ether oxygens (including phenoxy) is 1. The van der Waals surface area contributed by atoms with Gasteiger partial charge in [0.05, 0.1) is 12.6 Å². The third-order valence-electron chi connectivity index (χ3n) is 5.29. The molecule has 1 heterocycles. The lowest BCUT2D eigenvalue weighted by Crippen LogP contribution is -2.28. The third kappa shape index (κ3) is 4.39. The molecule has 0 N–H and O–H groups in total. The monoisotopic (exact) mass is 371 g/mol. The van der Waals surface area contributed by atoms with Gasteiger partial charge in [-0.05, 0) is 55.9 Å². The Hall–Kier alpha value is -2.00. The van der Waals surface area contributed by atoms with E-state index in [0.29, 0.717) is 17.5 Å². The van der Waals surface area contributed by atoms with Gasteiger partial charge >= 0.3 is 6.09 Å². The lowest BCUT2D eigenvalue weighted by Gasteiger charge is -2.22. The van der Waals surface area contributed by atoms with E-state index in [-0.39, 0.29) is 18.2 Å². The normalized spacial score (nSPS) is 19.3. The molecule has 0 aromatic heterocycles. The van der Waals surface area contributed by atoms with Crippen LogP contribution in [0.25, 0.3) is 0 Å². The maximum Gasteiger partial charge on any atom is 0.410 e. The summed E-state index contributed by atoms with van der Waals surface area (Å²) in [6, 6.07) is 16.3. The van der Waals surface area contributed by atoms with Crippen LogP contribution in [0.2, 0.25) is 5.02 Å². The number of benzene rings is 2. The maximum atomic E-state index is 12.3. The molecule has 2 aromatic rings. The van der Waals surface area contributed by atoms with Gasteiger partial charge in [-0.1, -0.05) is 60.5 Å². The summed E-state index contributed by atoms with van der Waals surface area (Å²) in [5, 5.41) is 0.702. The van der Waals surface area contributed by atoms with Gasteiger partial charge in [-0.25, -0.2) is 4.79 Å². The highest BCUT2D eigenvalue weighted by atomic mass is 35.5. The molecule has 0 unspecified atom stereocenters. The SMILES string of the molecule is Cc1ccc([C@H](C)CC[C@@H]2CN([C@@H](C)c3ccc(Cl)cc3)C(=O)O2)cc1. The fourth-order valence-corrected chi connectivity index (χ4v) is 3.55. The van der Waals surface area contributed by atoms with Gasteiger partial charge in [0.2, 0.25) is 0 Å². The van der Waals surface area contributed by atoms with E-state index in [4.69, 9.17) is 16.3 Å². The molecule has 3 rings (SSSR count). The van der Waals surface area contributed by atoms with E-state index >= 15 is 0 Å². The van der Waals surface area contributed by atoms with Crippen LogP contribution in [0.3, 0.4) is 0 Å². The molecule has 4 heteroatoms. The van der Waals surface area contributed by atoms with Crippen molar-refractivity contribution in [1.82, 2.24) is 4.90 Å². The highest BCUT2D eigenvalue weighted by Gasteiger charge is 2.34. The molecule has 26 heavy (non-hydrogen) atoms. The lowest BCUT2D eigenvalue weighted by atomic mass is 9.94. The molecule has 1 aliphatic heterocycles. The molecule has 2 aromatic carbocycles. The van der Waals surface area contributed by atoms with Gasteiger partial charge in [0, 0.05) is 5.02 Å². The second-order valence-electron chi connectivity index (χ2n) is 7.27. The molecule has 0 radical (unpaired) electrons. The molecule has 138 valence electrons. The molecule has 0 saturated carbocycles. The predicted octanol–water partition coefficient (Wildman–Crippen LogP) is 6.11. The molecular weight excluding hydrogens is 346 g/mol. The van der Waals surface area contributed by atoms with E-state index in [1.165, 1.54) is 11.1 Å². The van der Waals surface area contributed by atoms with E-state index < -0.39 is 0 Å². The first-order valence-electron chi connectivity index (χ1n) is 9.23. The van der Waals surface area contributed by atoms with Gasteiger partial charge < -0.3 is 4.74 Å². The van der Waals surface area contributed by atoms with Crippen molar-refractivity contribution in [2.24, 2.45) is 0 Å². The molecule has 1 aliphatic rings. The van der Waals surface area contributed by atoms with Crippen LogP contribution in [-0.2, 0) is 4.74 Å². The zero-order chi connectivity index (χ0) is 18.7. The van der Waals surface area contributed by atoms with E-state index in [2.05, 4.69) is 38.1 Å². The van der Waals surface area contributed by atoms with Crippen molar-refractivity contribution in [3.63, 3.8) is 0 Å². The number of aryl methyl sites for hydroxylation is 1. The van der Waals surface area contributed by atoms with Crippen molar-refractivity contribution >= 4 is 17.7 Å². The summed E-state index contributed by atoms with van der Waals surface area (Å²) < 4.78 is 5.61. The van der Waals surface area contributed by atoms with Gasteiger partial charge in [0.25, 0.3) is 0 Å². The van der Waals surface area contributed by atoms with Gasteiger partial charge in [0.15, 0.2) is 0 Å². The summed E-state index contributed by atoms with van der Waals surface area (Å²) in [4.78, 5) is 14.1. The molecule has 0 bridgehead atoms. The zero-order valence-electron chi connectivity index (χ0n) is 15.6. The summed E-state index contributed by atoms with van der Waals surface area (Å²) in [6.07, 6.45) is 1.63. The van der Waals surface area contributed by atoms with Gasteiger partial charge in [0.1, 0.15) is 6.10 Å². The van der Waals surface area contributed by atoms with Crippen LogP contribution < -0.4 is 0 Å². The minimum atomic E-state index is -0.222. The van der Waals surface area contributed by atoms with E-state index in [1.54, 1.807) is 0 Å². The molecule has 1 amide bonds. The first-order valence-corrected chi connectivity index (χ1v) is 9.61. The Morgan fingerprint density at radius 1 is 1.08 bits per heavy atom. The van der Waals surface area contributed by atoms with Crippen molar-refractivity contribution in [2.75, 3.05) is 6.54 Å². The van der Waals surface area contributed by atoms with Crippen LogP contribution in [0.1, 0.15) is 55.3 Å². The molecule has 1 saturated heterocycles. The lowest BCUT2D eigenvalue weighted by molar-refractivity contribution is 0.124. The molecule has 0 spiro atoms. The summed E-state index contributed by atoms with van der Waals surface area (Å²) in [7, 11) is 0. The third-order valence-corrected chi connectivity index (χ3v) is 5.54. The number of nitrogens with zero attached hydrogens (tertiary/aromatic N) is 1. The average Bonchev–Trinajstić information content (AvgIpc) is 3.01. The standard InChI is InChI=1S/C22H26ClNO2/c1-15-4-7-18(8-5-15)16(2)6-13-21-14-24(22(25)26-21)17(3)19-9-11-20(23)12-10-19/h4-5,7-12,16-17,21H,6,13-14H2,1-3H3/t16-,17+,21-/m1/s1. The Labute approximate surface area is 160 Å². The molecular formula is C22H26ClNO2. The summed E-state index contributed by atoms with van der Waals surface area (Å²) in [6.45, 7) is 7.00. The van der Waals surface area contributed by atoms with Crippen molar-refractivity contribution < 1.29 is 9.53 Å². The van der Waals surface area contributed by atoms with E-state index in [1.807, 2.05) is 36.1 Å². The van der Waals surface area contributed by atoms with Crippen LogP contribution in [0.15, 0.2) is 48.5 Å². The Kier molecular flexibility index (Phi) is 5.87. The number of cyclic esters (lactones) is 1. The Bertz CT molecular complexity index is 742. The number of rotatable bonds is 6. The first-order chi connectivity index (χ1) is 12.4. The van der Waals surface area contributed by atoms with E-state index in [9.17, 15) is 4.79 Å². The Morgan fingerprint density at radius 2 is 1.69 bits per heavy atom. The zero-order valence-corrected chi connectivity index (χ0v) is 16.4. The number of hydrogen-bond acceptors (Lipinski definition) is 2. The number of hydrogen-bond donors (Lipinski definition) is 0. The van der Waals surface area contributed by atoms with Crippen LogP contribution in [0.5, 0.6) is 0 Å². The smallest absolute Gasteiger partial charge is 0.410 e. The van der Waals surface area contributed by atoms with E-state index in [0.717, 1.165) is 18.4 Å². The Balaban J connectivity index is 1.55. The minimum Gasteiger partial charge on any atom is -0.444 e. The molecule has 3 nitrogen and oxygen atoms in total. The van der Waals surface area contributed by atoms with Gasteiger partial charge in [-0.3, -0.25) is 4.90 Å². The Morgan fingerprint density at radius 3 is 2.35 bits per heavy atom. The molecule has 3 atom stereocenters. The van der Waals surface area contributed by atoms with Crippen molar-refractivity contribution in [1.29, 1.82) is 0 Å².